The van der Waals surface area contributed by atoms with Crippen LogP contribution in [0.2, 0.25) is 0 Å². The van der Waals surface area contributed by atoms with E-state index in [1.54, 1.807) is 0 Å². The van der Waals surface area contributed by atoms with E-state index in [1.165, 1.54) is 22.3 Å². The van der Waals surface area contributed by atoms with Gasteiger partial charge in [-0.2, -0.15) is 0 Å². The van der Waals surface area contributed by atoms with Gasteiger partial charge in [0.25, 0.3) is 0 Å². The molecule has 8 rings (SSSR count). The summed E-state index contributed by atoms with van der Waals surface area (Å²) in [6, 6.07) is 54.5. The highest BCUT2D eigenvalue weighted by atomic mass is 16.7. The Morgan fingerprint density at radius 2 is 1.10 bits per heavy atom. The lowest BCUT2D eigenvalue weighted by Gasteiger charge is -2.51. The molecule has 6 heteroatoms. The molecular formula is C52H54O6. The van der Waals surface area contributed by atoms with Crippen molar-refractivity contribution in [3.05, 3.63) is 213 Å². The second-order valence-electron chi connectivity index (χ2n) is 15.9. The third-order valence-electron chi connectivity index (χ3n) is 11.3. The zero-order valence-electron chi connectivity index (χ0n) is 33.8. The minimum Gasteiger partial charge on any atom is -0.374 e. The second kappa shape index (κ2) is 18.8. The number of fused-ring (bicyclic) bond motifs is 2. The summed E-state index contributed by atoms with van der Waals surface area (Å²) in [6.45, 7) is 8.77. The van der Waals surface area contributed by atoms with Gasteiger partial charge in [0.1, 0.15) is 24.4 Å². The topological polar surface area (TPSA) is 55.4 Å². The summed E-state index contributed by atoms with van der Waals surface area (Å²) < 4.78 is 42.0. The van der Waals surface area contributed by atoms with Crippen molar-refractivity contribution in [2.24, 2.45) is 0 Å². The number of ether oxygens (including phenoxy) is 6. The third-order valence-corrected chi connectivity index (χ3v) is 11.3. The summed E-state index contributed by atoms with van der Waals surface area (Å²) in [7, 11) is 0. The first-order valence-corrected chi connectivity index (χ1v) is 20.6. The van der Waals surface area contributed by atoms with Crippen molar-refractivity contribution < 1.29 is 28.4 Å². The van der Waals surface area contributed by atoms with Crippen molar-refractivity contribution in [1.29, 1.82) is 0 Å². The van der Waals surface area contributed by atoms with Gasteiger partial charge in [-0.15, -0.1) is 0 Å². The molecule has 2 aliphatic heterocycles. The summed E-state index contributed by atoms with van der Waals surface area (Å²) >= 11 is 0. The zero-order valence-corrected chi connectivity index (χ0v) is 33.8. The van der Waals surface area contributed by atoms with Gasteiger partial charge in [-0.3, -0.25) is 0 Å². The lowest BCUT2D eigenvalue weighted by atomic mass is 9.84. The maximum atomic E-state index is 7.39. The molecule has 1 saturated heterocycles. The van der Waals surface area contributed by atoms with Crippen molar-refractivity contribution in [3.8, 4) is 0 Å². The second-order valence-corrected chi connectivity index (χ2v) is 15.9. The van der Waals surface area contributed by atoms with Crippen LogP contribution in [0.1, 0.15) is 75.4 Å². The van der Waals surface area contributed by atoms with Crippen molar-refractivity contribution in [2.45, 2.75) is 96.3 Å². The molecule has 0 N–H and O–H groups in total. The van der Waals surface area contributed by atoms with Crippen molar-refractivity contribution in [2.75, 3.05) is 6.61 Å². The van der Waals surface area contributed by atoms with Gasteiger partial charge in [-0.05, 0) is 75.4 Å². The Bertz CT molecular complexity index is 2180. The molecule has 1 spiro atoms. The van der Waals surface area contributed by atoms with Gasteiger partial charge in [0, 0.05) is 5.56 Å². The number of rotatable bonds is 16. The lowest BCUT2D eigenvalue weighted by Crippen LogP contribution is -2.65. The molecule has 0 saturated carbocycles. The van der Waals surface area contributed by atoms with E-state index in [2.05, 4.69) is 106 Å². The van der Waals surface area contributed by atoms with Crippen LogP contribution in [0, 0.1) is 6.92 Å². The summed E-state index contributed by atoms with van der Waals surface area (Å²) in [6.07, 6.45) is -1.66. The fraction of sp³-hybridized carbons (Fsp3) is 0.308. The van der Waals surface area contributed by atoms with E-state index >= 15 is 0 Å². The maximum absolute atomic E-state index is 7.39. The smallest absolute Gasteiger partial charge is 0.225 e. The van der Waals surface area contributed by atoms with Crippen LogP contribution >= 0.6 is 0 Å². The van der Waals surface area contributed by atoms with Gasteiger partial charge in [0.2, 0.25) is 5.79 Å². The van der Waals surface area contributed by atoms with Gasteiger partial charge in [-0.25, -0.2) is 0 Å². The highest BCUT2D eigenvalue weighted by Crippen LogP contribution is 2.50. The SMILES string of the molecule is Cc1cc2c(cc1Cc1ccc(C(C)C)cc1)[C@]1(OC2)O[C@H](COCc2ccccc2)[C@H](OCc2ccccc2)[C@H](OCc2ccccc2)[C@H]1OCc1ccccc1. The van der Waals surface area contributed by atoms with Gasteiger partial charge in [0.05, 0.1) is 39.6 Å². The Morgan fingerprint density at radius 1 is 0.586 bits per heavy atom. The van der Waals surface area contributed by atoms with E-state index in [1.807, 2.05) is 72.8 Å². The van der Waals surface area contributed by atoms with Gasteiger partial charge in [0.15, 0.2) is 0 Å². The molecule has 58 heavy (non-hydrogen) atoms. The van der Waals surface area contributed by atoms with E-state index in [4.69, 9.17) is 28.4 Å². The highest BCUT2D eigenvalue weighted by molar-refractivity contribution is 5.45. The van der Waals surface area contributed by atoms with Crippen LogP contribution in [-0.2, 0) is 73.7 Å². The van der Waals surface area contributed by atoms with Crippen LogP contribution in [0.4, 0.5) is 0 Å². The van der Waals surface area contributed by atoms with Gasteiger partial charge >= 0.3 is 0 Å². The summed E-state index contributed by atoms with van der Waals surface area (Å²) in [5, 5.41) is 0. The molecule has 0 aliphatic carbocycles. The van der Waals surface area contributed by atoms with Crippen molar-refractivity contribution in [3.63, 3.8) is 0 Å². The molecule has 0 aromatic heterocycles. The molecule has 1 fully saturated rings. The van der Waals surface area contributed by atoms with E-state index in [9.17, 15) is 0 Å². The van der Waals surface area contributed by atoms with Crippen LogP contribution in [0.5, 0.6) is 0 Å². The number of hydrogen-bond donors (Lipinski definition) is 0. The first kappa shape index (κ1) is 39.9. The highest BCUT2D eigenvalue weighted by Gasteiger charge is 2.61. The van der Waals surface area contributed by atoms with E-state index in [-0.39, 0.29) is 6.61 Å². The maximum Gasteiger partial charge on any atom is 0.225 e. The van der Waals surface area contributed by atoms with E-state index in [0.29, 0.717) is 39.0 Å². The van der Waals surface area contributed by atoms with Gasteiger partial charge < -0.3 is 28.4 Å². The minimum atomic E-state index is -1.30. The monoisotopic (exact) mass is 774 g/mol. The fourth-order valence-electron chi connectivity index (χ4n) is 8.12. The molecular weight excluding hydrogens is 721 g/mol. The first-order chi connectivity index (χ1) is 28.4. The molecule has 5 atom stereocenters. The molecule has 0 amide bonds. The third kappa shape index (κ3) is 9.35. The van der Waals surface area contributed by atoms with E-state index in [0.717, 1.165) is 39.8 Å². The predicted molar refractivity (Wildman–Crippen MR) is 227 cm³/mol. The summed E-state index contributed by atoms with van der Waals surface area (Å²) in [4.78, 5) is 0. The molecule has 298 valence electrons. The van der Waals surface area contributed by atoms with E-state index < -0.39 is 30.2 Å². The van der Waals surface area contributed by atoms with Crippen molar-refractivity contribution >= 4 is 0 Å². The molecule has 2 aliphatic rings. The average molecular weight is 775 g/mol. The lowest BCUT2D eigenvalue weighted by molar-refractivity contribution is -0.387. The Hall–Kier alpha value is -4.92. The molecule has 6 aromatic carbocycles. The Labute approximate surface area is 343 Å². The van der Waals surface area contributed by atoms with Crippen LogP contribution in [0.3, 0.4) is 0 Å². The first-order valence-electron chi connectivity index (χ1n) is 20.6. The minimum absolute atomic E-state index is 0.256. The summed E-state index contributed by atoms with van der Waals surface area (Å²) in [5.41, 5.74) is 11.3. The van der Waals surface area contributed by atoms with Crippen LogP contribution in [-0.4, -0.2) is 31.0 Å². The largest absolute Gasteiger partial charge is 0.374 e. The molecule has 2 heterocycles. The summed E-state index contributed by atoms with van der Waals surface area (Å²) in [5.74, 6) is -0.825. The Morgan fingerprint density at radius 3 is 1.66 bits per heavy atom. The van der Waals surface area contributed by atoms with Crippen LogP contribution < -0.4 is 0 Å². The Kier molecular flexibility index (Phi) is 12.9. The number of benzene rings is 6. The van der Waals surface area contributed by atoms with Crippen LogP contribution in [0.25, 0.3) is 0 Å². The quantitative estimate of drug-likeness (QED) is 0.0976. The fourth-order valence-corrected chi connectivity index (χ4v) is 8.12. The average Bonchev–Trinajstić information content (AvgIpc) is 3.60. The van der Waals surface area contributed by atoms with Crippen LogP contribution in [0.15, 0.2) is 158 Å². The standard InChI is InChI=1S/C52H54O6/c1-37(2)44-26-24-39(25-27-44)29-45-30-47-46(28-38(45)3)35-57-52(47)51(56-34-43-22-14-7-15-23-43)50(55-33-42-20-12-6-13-21-42)49(54-32-41-18-10-5-11-19-41)48(58-52)36-53-31-40-16-8-4-9-17-40/h4-28,30,37,48-51H,29,31-36H2,1-3H3/t48-,49+,50+,51-,52+/m1/s1. The normalized spacial score (nSPS) is 21.4. The zero-order chi connectivity index (χ0) is 39.7. The molecule has 6 aromatic rings. The van der Waals surface area contributed by atoms with Crippen molar-refractivity contribution in [1.82, 2.24) is 0 Å². The number of hydrogen-bond acceptors (Lipinski definition) is 6. The molecule has 0 radical (unpaired) electrons. The number of aryl methyl sites for hydroxylation is 1. The molecule has 6 nitrogen and oxygen atoms in total. The Balaban J connectivity index is 1.20. The molecule has 0 unspecified atom stereocenters. The van der Waals surface area contributed by atoms with Gasteiger partial charge in [-0.1, -0.05) is 166 Å². The predicted octanol–water partition coefficient (Wildman–Crippen LogP) is 10.8. The molecule has 0 bridgehead atoms.